The van der Waals surface area contributed by atoms with Crippen LogP contribution in [0.1, 0.15) is 52.4 Å². The van der Waals surface area contributed by atoms with E-state index in [1.165, 1.54) is 0 Å². The van der Waals surface area contributed by atoms with E-state index >= 15 is 0 Å². The molecule has 2 atom stereocenters. The molecule has 0 spiro atoms. The van der Waals surface area contributed by atoms with E-state index in [-0.39, 0.29) is 37.0 Å². The number of hydrogen-bond donors (Lipinski definition) is 0. The number of esters is 2. The normalized spacial score (nSPS) is 24.4. The van der Waals surface area contributed by atoms with Crippen molar-refractivity contribution in [1.29, 1.82) is 0 Å². The highest BCUT2D eigenvalue weighted by Gasteiger charge is 2.20. The minimum atomic E-state index is -0.230. The molecule has 1 rings (SSSR count). The molecule has 148 valence electrons. The van der Waals surface area contributed by atoms with Crippen LogP contribution in [0.25, 0.3) is 0 Å². The highest BCUT2D eigenvalue weighted by molar-refractivity contribution is 5.73. The van der Waals surface area contributed by atoms with Crippen molar-refractivity contribution in [3.8, 4) is 11.8 Å². The van der Waals surface area contributed by atoms with Gasteiger partial charge in [0.25, 0.3) is 0 Å². The molecular weight excluding hydrogens is 336 g/mol. The molecule has 0 aromatic carbocycles. The van der Waals surface area contributed by atoms with Crippen molar-refractivity contribution >= 4 is 11.9 Å². The first-order chi connectivity index (χ1) is 12.7. The van der Waals surface area contributed by atoms with Crippen LogP contribution < -0.4 is 0 Å². The van der Waals surface area contributed by atoms with Gasteiger partial charge in [-0.15, -0.1) is 11.8 Å². The summed E-state index contributed by atoms with van der Waals surface area (Å²) in [5.41, 5.74) is 0. The molecule has 0 aliphatic carbocycles. The van der Waals surface area contributed by atoms with Crippen LogP contribution in [-0.4, -0.2) is 51.6 Å². The maximum absolute atomic E-state index is 12.2. The number of rotatable bonds is 4. The second-order valence-electron chi connectivity index (χ2n) is 6.29. The third-order valence-corrected chi connectivity index (χ3v) is 4.08. The van der Waals surface area contributed by atoms with Crippen LogP contribution in [0, 0.1) is 23.7 Å². The Bertz CT molecular complexity index is 425. The van der Waals surface area contributed by atoms with Crippen molar-refractivity contribution in [3.63, 3.8) is 0 Å². The van der Waals surface area contributed by atoms with Crippen molar-refractivity contribution in [3.05, 3.63) is 0 Å². The van der Waals surface area contributed by atoms with Crippen molar-refractivity contribution < 1.29 is 28.5 Å². The fraction of sp³-hybridized carbons (Fsp3) is 0.800. The molecule has 0 saturated heterocycles. The summed E-state index contributed by atoms with van der Waals surface area (Å²) >= 11 is 0. The van der Waals surface area contributed by atoms with Gasteiger partial charge in [0.2, 0.25) is 0 Å². The molecule has 0 aromatic heterocycles. The summed E-state index contributed by atoms with van der Waals surface area (Å²) in [5, 5.41) is 0. The SMILES string of the molecule is CCCC1CC#CCC(CCC)C(=O)OCCOCCOCCOC1=O. The monoisotopic (exact) mass is 368 g/mol. The van der Waals surface area contributed by atoms with Crippen molar-refractivity contribution in [2.75, 3.05) is 39.6 Å². The van der Waals surface area contributed by atoms with Gasteiger partial charge in [0.15, 0.2) is 0 Å². The van der Waals surface area contributed by atoms with Gasteiger partial charge in [-0.3, -0.25) is 9.59 Å². The summed E-state index contributed by atoms with van der Waals surface area (Å²) < 4.78 is 21.3. The van der Waals surface area contributed by atoms with Crippen LogP contribution >= 0.6 is 0 Å². The highest BCUT2D eigenvalue weighted by Crippen LogP contribution is 2.15. The van der Waals surface area contributed by atoms with Crippen molar-refractivity contribution in [1.82, 2.24) is 0 Å². The lowest BCUT2D eigenvalue weighted by Gasteiger charge is -2.14. The van der Waals surface area contributed by atoms with Crippen LogP contribution in [-0.2, 0) is 28.5 Å². The molecule has 6 nitrogen and oxygen atoms in total. The van der Waals surface area contributed by atoms with Crippen LogP contribution in [0.4, 0.5) is 0 Å². The Morgan fingerprint density at radius 3 is 1.50 bits per heavy atom. The van der Waals surface area contributed by atoms with E-state index in [2.05, 4.69) is 11.8 Å². The Morgan fingerprint density at radius 1 is 0.731 bits per heavy atom. The minimum absolute atomic E-state index is 0.230. The minimum Gasteiger partial charge on any atom is -0.463 e. The molecule has 0 bridgehead atoms. The first-order valence-corrected chi connectivity index (χ1v) is 9.63. The molecule has 1 aliphatic heterocycles. The number of carbonyl (C=O) groups is 2. The molecule has 0 fully saturated rings. The third kappa shape index (κ3) is 9.79. The first kappa shape index (κ1) is 22.5. The molecule has 0 radical (unpaired) electrons. The van der Waals surface area contributed by atoms with Gasteiger partial charge in [0, 0.05) is 12.8 Å². The average Bonchev–Trinajstić information content (AvgIpc) is 2.63. The molecule has 6 heteroatoms. The summed E-state index contributed by atoms with van der Waals surface area (Å²) in [6.45, 7) is 6.04. The van der Waals surface area contributed by atoms with E-state index in [0.717, 1.165) is 25.7 Å². The zero-order valence-electron chi connectivity index (χ0n) is 16.1. The molecule has 26 heavy (non-hydrogen) atoms. The van der Waals surface area contributed by atoms with E-state index < -0.39 is 0 Å². The first-order valence-electron chi connectivity index (χ1n) is 9.63. The van der Waals surface area contributed by atoms with Gasteiger partial charge in [-0.25, -0.2) is 0 Å². The molecular formula is C20H32O6. The second-order valence-corrected chi connectivity index (χ2v) is 6.29. The van der Waals surface area contributed by atoms with E-state index in [9.17, 15) is 9.59 Å². The molecule has 0 aromatic rings. The fourth-order valence-electron chi connectivity index (χ4n) is 2.65. The summed E-state index contributed by atoms with van der Waals surface area (Å²) in [5.74, 6) is 5.18. The van der Waals surface area contributed by atoms with Crippen LogP contribution in [0.3, 0.4) is 0 Å². The lowest BCUT2D eigenvalue weighted by Crippen LogP contribution is -2.21. The Labute approximate surface area is 156 Å². The molecule has 1 heterocycles. The summed E-state index contributed by atoms with van der Waals surface area (Å²) in [4.78, 5) is 24.3. The molecule has 2 unspecified atom stereocenters. The van der Waals surface area contributed by atoms with Gasteiger partial charge in [-0.1, -0.05) is 26.7 Å². The topological polar surface area (TPSA) is 71.1 Å². The summed E-state index contributed by atoms with van der Waals surface area (Å²) in [6.07, 6.45) is 4.16. The zero-order valence-corrected chi connectivity index (χ0v) is 16.1. The number of ether oxygens (including phenoxy) is 4. The van der Waals surface area contributed by atoms with Crippen LogP contribution in [0.2, 0.25) is 0 Å². The lowest BCUT2D eigenvalue weighted by atomic mass is 9.98. The summed E-state index contributed by atoms with van der Waals surface area (Å²) in [6, 6.07) is 0. The summed E-state index contributed by atoms with van der Waals surface area (Å²) in [7, 11) is 0. The number of carbonyl (C=O) groups excluding carboxylic acids is 2. The highest BCUT2D eigenvalue weighted by atomic mass is 16.6. The van der Waals surface area contributed by atoms with Crippen LogP contribution in [0.5, 0.6) is 0 Å². The largest absolute Gasteiger partial charge is 0.463 e. The fourth-order valence-corrected chi connectivity index (χ4v) is 2.65. The van der Waals surface area contributed by atoms with E-state index in [4.69, 9.17) is 18.9 Å². The van der Waals surface area contributed by atoms with Gasteiger partial charge in [0.1, 0.15) is 13.2 Å². The number of hydrogen-bond acceptors (Lipinski definition) is 6. The lowest BCUT2D eigenvalue weighted by molar-refractivity contribution is -0.152. The van der Waals surface area contributed by atoms with E-state index in [0.29, 0.717) is 39.3 Å². The predicted octanol–water partition coefficient (Wildman–Crippen LogP) is 2.74. The molecule has 0 saturated carbocycles. The second kappa shape index (κ2) is 14.6. The maximum Gasteiger partial charge on any atom is 0.309 e. The Hall–Kier alpha value is -1.58. The Kier molecular flexibility index (Phi) is 12.6. The van der Waals surface area contributed by atoms with Gasteiger partial charge >= 0.3 is 11.9 Å². The zero-order chi connectivity index (χ0) is 19.0. The van der Waals surface area contributed by atoms with Crippen molar-refractivity contribution in [2.24, 2.45) is 11.8 Å². The maximum atomic E-state index is 12.2. The van der Waals surface area contributed by atoms with Gasteiger partial charge in [-0.05, 0) is 12.8 Å². The Morgan fingerprint density at radius 2 is 1.12 bits per heavy atom. The standard InChI is InChI=1S/C20H32O6/c1-3-7-17-9-5-6-10-18(8-4-2)20(22)26-16-14-24-12-11-23-13-15-25-19(17)21/h17-18H,3-4,7-16H2,1-2H3. The molecule has 0 N–H and O–H groups in total. The smallest absolute Gasteiger partial charge is 0.309 e. The molecule has 1 aliphatic rings. The molecule has 0 amide bonds. The quantitative estimate of drug-likeness (QED) is 0.561. The average molecular weight is 368 g/mol. The van der Waals surface area contributed by atoms with E-state index in [1.807, 2.05) is 13.8 Å². The van der Waals surface area contributed by atoms with E-state index in [1.54, 1.807) is 0 Å². The third-order valence-electron chi connectivity index (χ3n) is 4.08. The van der Waals surface area contributed by atoms with Crippen LogP contribution in [0.15, 0.2) is 0 Å². The van der Waals surface area contributed by atoms with Gasteiger partial charge in [-0.2, -0.15) is 0 Å². The number of cyclic esters (lactones) is 2. The van der Waals surface area contributed by atoms with Gasteiger partial charge in [0.05, 0.1) is 38.3 Å². The Balaban J connectivity index is 2.68. The van der Waals surface area contributed by atoms with Crippen molar-refractivity contribution in [2.45, 2.75) is 52.4 Å². The van der Waals surface area contributed by atoms with Gasteiger partial charge < -0.3 is 18.9 Å². The predicted molar refractivity (Wildman–Crippen MR) is 97.4 cm³/mol.